The third-order valence-electron chi connectivity index (χ3n) is 2.09. The van der Waals surface area contributed by atoms with Gasteiger partial charge >= 0.3 is 0 Å². The lowest BCUT2D eigenvalue weighted by Crippen LogP contribution is -2.09. The van der Waals surface area contributed by atoms with E-state index in [2.05, 4.69) is 24.2 Å². The molecule has 1 rings (SSSR count). The molecule has 0 radical (unpaired) electrons. The van der Waals surface area contributed by atoms with Crippen molar-refractivity contribution in [2.75, 3.05) is 19.8 Å². The molecule has 5 heteroatoms. The van der Waals surface area contributed by atoms with Crippen LogP contribution in [0.3, 0.4) is 0 Å². The fourth-order valence-corrected chi connectivity index (χ4v) is 1.30. The normalized spacial score (nSPS) is 11.2. The van der Waals surface area contributed by atoms with Gasteiger partial charge in [-0.15, -0.1) is 5.10 Å². The number of aromatic nitrogens is 3. The minimum atomic E-state index is 0.199. The summed E-state index contributed by atoms with van der Waals surface area (Å²) in [5.41, 5.74) is 0.929. The molecule has 0 amide bonds. The minimum Gasteiger partial charge on any atom is -0.396 e. The van der Waals surface area contributed by atoms with Crippen LogP contribution in [0.5, 0.6) is 0 Å². The Balaban J connectivity index is 2.19. The molecule has 0 fully saturated rings. The highest BCUT2D eigenvalue weighted by Crippen LogP contribution is 1.98. The standard InChI is InChI=1S/C11H21N3O2/c1-10(2)9-16-7-5-14-8-11(12-13-14)4-3-6-15/h8,10,15H,3-7,9H2,1-2H3. The maximum Gasteiger partial charge on any atom is 0.0828 e. The van der Waals surface area contributed by atoms with E-state index in [1.54, 1.807) is 4.68 Å². The van der Waals surface area contributed by atoms with Gasteiger partial charge in [0.2, 0.25) is 0 Å². The zero-order valence-electron chi connectivity index (χ0n) is 10.1. The molecule has 0 unspecified atom stereocenters. The number of nitrogens with zero attached hydrogens (tertiary/aromatic N) is 3. The van der Waals surface area contributed by atoms with Crippen molar-refractivity contribution in [3.63, 3.8) is 0 Å². The van der Waals surface area contributed by atoms with Crippen LogP contribution in [0, 0.1) is 5.92 Å². The Bertz CT molecular complexity index is 287. The van der Waals surface area contributed by atoms with Gasteiger partial charge in [-0.2, -0.15) is 0 Å². The first kappa shape index (κ1) is 13.1. The predicted molar refractivity (Wildman–Crippen MR) is 61.1 cm³/mol. The van der Waals surface area contributed by atoms with E-state index < -0.39 is 0 Å². The third kappa shape index (κ3) is 5.23. The summed E-state index contributed by atoms with van der Waals surface area (Å²) in [6, 6.07) is 0. The molecular weight excluding hydrogens is 206 g/mol. The zero-order chi connectivity index (χ0) is 11.8. The second-order valence-electron chi connectivity index (χ2n) is 4.27. The fraction of sp³-hybridized carbons (Fsp3) is 0.818. The van der Waals surface area contributed by atoms with Crippen LogP contribution in [0.4, 0.5) is 0 Å². The highest BCUT2D eigenvalue weighted by Gasteiger charge is 2.00. The molecular formula is C11H21N3O2. The molecule has 1 N–H and O–H groups in total. The van der Waals surface area contributed by atoms with Gasteiger partial charge in [-0.1, -0.05) is 19.1 Å². The molecule has 5 nitrogen and oxygen atoms in total. The van der Waals surface area contributed by atoms with Crippen molar-refractivity contribution in [2.24, 2.45) is 5.92 Å². The minimum absolute atomic E-state index is 0.199. The van der Waals surface area contributed by atoms with Crippen molar-refractivity contribution < 1.29 is 9.84 Å². The molecule has 1 aromatic rings. The van der Waals surface area contributed by atoms with E-state index in [9.17, 15) is 0 Å². The molecule has 0 aromatic carbocycles. The summed E-state index contributed by atoms with van der Waals surface area (Å²) in [6.45, 7) is 6.64. The number of ether oxygens (including phenoxy) is 1. The van der Waals surface area contributed by atoms with Crippen LogP contribution in [-0.4, -0.2) is 39.9 Å². The van der Waals surface area contributed by atoms with Crippen LogP contribution in [0.15, 0.2) is 6.20 Å². The molecule has 0 aliphatic heterocycles. The van der Waals surface area contributed by atoms with Gasteiger partial charge in [-0.05, 0) is 18.8 Å². The summed E-state index contributed by atoms with van der Waals surface area (Å²) in [4.78, 5) is 0. The Kier molecular flexibility index (Phi) is 6.03. The molecule has 0 bridgehead atoms. The molecule has 16 heavy (non-hydrogen) atoms. The topological polar surface area (TPSA) is 60.2 Å². The SMILES string of the molecule is CC(C)COCCn1cc(CCCO)nn1. The van der Waals surface area contributed by atoms with Crippen molar-refractivity contribution in [2.45, 2.75) is 33.2 Å². The maximum absolute atomic E-state index is 8.68. The first-order chi connectivity index (χ1) is 7.72. The number of hydrogen-bond donors (Lipinski definition) is 1. The molecule has 0 saturated heterocycles. The number of aryl methyl sites for hydroxylation is 1. The van der Waals surface area contributed by atoms with E-state index in [0.29, 0.717) is 12.5 Å². The average molecular weight is 227 g/mol. The average Bonchev–Trinajstić information content (AvgIpc) is 2.69. The lowest BCUT2D eigenvalue weighted by atomic mass is 10.2. The Labute approximate surface area is 96.4 Å². The largest absolute Gasteiger partial charge is 0.396 e. The smallest absolute Gasteiger partial charge is 0.0828 e. The van der Waals surface area contributed by atoms with E-state index in [1.807, 2.05) is 6.20 Å². The summed E-state index contributed by atoms with van der Waals surface area (Å²) >= 11 is 0. The van der Waals surface area contributed by atoms with Gasteiger partial charge in [0.05, 0.1) is 18.8 Å². The van der Waals surface area contributed by atoms with Gasteiger partial charge in [0.15, 0.2) is 0 Å². The molecule has 0 saturated carbocycles. The molecule has 0 aliphatic carbocycles. The summed E-state index contributed by atoms with van der Waals surface area (Å²) in [6.07, 6.45) is 3.43. The molecule has 0 spiro atoms. The van der Waals surface area contributed by atoms with Gasteiger partial charge in [0.1, 0.15) is 0 Å². The number of aliphatic hydroxyl groups is 1. The van der Waals surface area contributed by atoms with Crippen molar-refractivity contribution in [3.8, 4) is 0 Å². The van der Waals surface area contributed by atoms with Crippen LogP contribution in [0.1, 0.15) is 26.0 Å². The molecule has 0 aliphatic rings. The first-order valence-electron chi connectivity index (χ1n) is 5.80. The predicted octanol–water partition coefficient (Wildman–Crippen LogP) is 0.876. The molecule has 1 aromatic heterocycles. The lowest BCUT2D eigenvalue weighted by molar-refractivity contribution is 0.101. The van der Waals surface area contributed by atoms with Crippen molar-refractivity contribution in [1.29, 1.82) is 0 Å². The Hall–Kier alpha value is -0.940. The third-order valence-corrected chi connectivity index (χ3v) is 2.09. The summed E-state index contributed by atoms with van der Waals surface area (Å²) in [5, 5.41) is 16.7. The van der Waals surface area contributed by atoms with Gasteiger partial charge in [-0.25, -0.2) is 4.68 Å². The number of hydrogen-bond acceptors (Lipinski definition) is 4. The second-order valence-corrected chi connectivity index (χ2v) is 4.27. The van der Waals surface area contributed by atoms with Gasteiger partial charge in [-0.3, -0.25) is 0 Å². The van der Waals surface area contributed by atoms with Gasteiger partial charge in [0.25, 0.3) is 0 Å². The van der Waals surface area contributed by atoms with Crippen LogP contribution < -0.4 is 0 Å². The maximum atomic E-state index is 8.68. The Morgan fingerprint density at radius 3 is 3.00 bits per heavy atom. The van der Waals surface area contributed by atoms with Crippen LogP contribution in [0.25, 0.3) is 0 Å². The highest BCUT2D eigenvalue weighted by molar-refractivity contribution is 4.91. The van der Waals surface area contributed by atoms with Crippen molar-refractivity contribution >= 4 is 0 Å². The van der Waals surface area contributed by atoms with E-state index in [0.717, 1.165) is 31.7 Å². The second kappa shape index (κ2) is 7.35. The van der Waals surface area contributed by atoms with Crippen LogP contribution in [-0.2, 0) is 17.7 Å². The van der Waals surface area contributed by atoms with Crippen molar-refractivity contribution in [1.82, 2.24) is 15.0 Å². The Morgan fingerprint density at radius 2 is 2.31 bits per heavy atom. The quantitative estimate of drug-likeness (QED) is 0.670. The van der Waals surface area contributed by atoms with Gasteiger partial charge < -0.3 is 9.84 Å². The highest BCUT2D eigenvalue weighted by atomic mass is 16.5. The first-order valence-corrected chi connectivity index (χ1v) is 5.80. The zero-order valence-corrected chi connectivity index (χ0v) is 10.1. The fourth-order valence-electron chi connectivity index (χ4n) is 1.30. The monoisotopic (exact) mass is 227 g/mol. The van der Waals surface area contributed by atoms with E-state index in [1.165, 1.54) is 0 Å². The van der Waals surface area contributed by atoms with Crippen LogP contribution >= 0.6 is 0 Å². The summed E-state index contributed by atoms with van der Waals surface area (Å²) < 4.78 is 7.25. The summed E-state index contributed by atoms with van der Waals surface area (Å²) in [7, 11) is 0. The van der Waals surface area contributed by atoms with E-state index >= 15 is 0 Å². The molecule has 92 valence electrons. The molecule has 0 atom stereocenters. The lowest BCUT2D eigenvalue weighted by Gasteiger charge is -2.05. The summed E-state index contributed by atoms with van der Waals surface area (Å²) in [5.74, 6) is 0.566. The van der Waals surface area contributed by atoms with E-state index in [4.69, 9.17) is 9.84 Å². The van der Waals surface area contributed by atoms with E-state index in [-0.39, 0.29) is 6.61 Å². The molecule has 1 heterocycles. The number of rotatable bonds is 8. The Morgan fingerprint density at radius 1 is 1.50 bits per heavy atom. The van der Waals surface area contributed by atoms with Gasteiger partial charge in [0, 0.05) is 19.4 Å². The number of aliphatic hydroxyl groups excluding tert-OH is 1. The van der Waals surface area contributed by atoms with Crippen LogP contribution in [0.2, 0.25) is 0 Å². The van der Waals surface area contributed by atoms with Crippen molar-refractivity contribution in [3.05, 3.63) is 11.9 Å².